The highest BCUT2D eigenvalue weighted by molar-refractivity contribution is 9.10. The third kappa shape index (κ3) is 7.14. The Kier molecular flexibility index (Phi) is 8.27. The average molecular weight is 543 g/mol. The molecule has 2 aromatic carbocycles. The normalized spacial score (nSPS) is 12.5. The number of hydrogen-bond donors (Lipinski definition) is 1. The SMILES string of the molecule is C[C@H](CNC(=O)c1ccc(CS(=O)(=O)c2ccc(Br)cc2)o1)CSc1ccc(Cl)cc1. The Labute approximate surface area is 199 Å². The zero-order chi connectivity index (χ0) is 22.4. The highest BCUT2D eigenvalue weighted by atomic mass is 79.9. The Balaban J connectivity index is 1.50. The van der Waals surface area contributed by atoms with Gasteiger partial charge < -0.3 is 9.73 Å². The predicted octanol–water partition coefficient (Wildman–Crippen LogP) is 5.83. The van der Waals surface area contributed by atoms with Crippen molar-refractivity contribution in [2.75, 3.05) is 12.3 Å². The van der Waals surface area contributed by atoms with Crippen LogP contribution in [0.15, 0.2) is 79.3 Å². The van der Waals surface area contributed by atoms with Gasteiger partial charge in [0.15, 0.2) is 15.6 Å². The summed E-state index contributed by atoms with van der Waals surface area (Å²) in [4.78, 5) is 13.7. The quantitative estimate of drug-likeness (QED) is 0.344. The van der Waals surface area contributed by atoms with Gasteiger partial charge in [-0.15, -0.1) is 11.8 Å². The number of nitrogens with one attached hydrogen (secondary N) is 1. The smallest absolute Gasteiger partial charge is 0.287 e. The van der Waals surface area contributed by atoms with Gasteiger partial charge in [0.2, 0.25) is 0 Å². The molecule has 9 heteroatoms. The number of sulfone groups is 1. The minimum atomic E-state index is -3.56. The Morgan fingerprint density at radius 1 is 1.10 bits per heavy atom. The molecule has 31 heavy (non-hydrogen) atoms. The predicted molar refractivity (Wildman–Crippen MR) is 127 cm³/mol. The number of amides is 1. The van der Waals surface area contributed by atoms with Crippen LogP contribution >= 0.6 is 39.3 Å². The summed E-state index contributed by atoms with van der Waals surface area (Å²) < 4.78 is 31.3. The van der Waals surface area contributed by atoms with Crippen molar-refractivity contribution >= 4 is 55.0 Å². The molecule has 0 spiro atoms. The lowest BCUT2D eigenvalue weighted by molar-refractivity contribution is 0.0920. The summed E-state index contributed by atoms with van der Waals surface area (Å²) in [5.41, 5.74) is 0. The van der Waals surface area contributed by atoms with Gasteiger partial charge in [0.25, 0.3) is 5.91 Å². The minimum absolute atomic E-state index is 0.0959. The van der Waals surface area contributed by atoms with Gasteiger partial charge in [-0.3, -0.25) is 4.79 Å². The third-order valence-electron chi connectivity index (χ3n) is 4.35. The van der Waals surface area contributed by atoms with Crippen molar-refractivity contribution in [2.24, 2.45) is 5.92 Å². The molecule has 1 amide bonds. The molecule has 1 aromatic heterocycles. The topological polar surface area (TPSA) is 76.4 Å². The molecule has 0 bridgehead atoms. The van der Waals surface area contributed by atoms with Crippen molar-refractivity contribution in [3.63, 3.8) is 0 Å². The molecule has 0 radical (unpaired) electrons. The van der Waals surface area contributed by atoms with E-state index in [0.717, 1.165) is 15.1 Å². The van der Waals surface area contributed by atoms with E-state index < -0.39 is 9.84 Å². The van der Waals surface area contributed by atoms with Gasteiger partial charge in [-0.2, -0.15) is 0 Å². The molecule has 164 valence electrons. The van der Waals surface area contributed by atoms with E-state index >= 15 is 0 Å². The van der Waals surface area contributed by atoms with E-state index in [1.807, 2.05) is 31.2 Å². The average Bonchev–Trinajstić information content (AvgIpc) is 3.19. The van der Waals surface area contributed by atoms with Gasteiger partial charge in [0, 0.05) is 26.7 Å². The second-order valence-electron chi connectivity index (χ2n) is 7.06. The second-order valence-corrected chi connectivity index (χ2v) is 11.5. The summed E-state index contributed by atoms with van der Waals surface area (Å²) in [7, 11) is -3.56. The van der Waals surface area contributed by atoms with Gasteiger partial charge in [-0.25, -0.2) is 8.42 Å². The lowest BCUT2D eigenvalue weighted by atomic mass is 10.2. The molecule has 1 heterocycles. The van der Waals surface area contributed by atoms with E-state index in [4.69, 9.17) is 16.0 Å². The maximum atomic E-state index is 12.5. The van der Waals surface area contributed by atoms with E-state index in [0.29, 0.717) is 11.6 Å². The monoisotopic (exact) mass is 541 g/mol. The first-order valence-corrected chi connectivity index (χ1v) is 13.3. The Morgan fingerprint density at radius 3 is 2.45 bits per heavy atom. The molecule has 1 N–H and O–H groups in total. The zero-order valence-corrected chi connectivity index (χ0v) is 20.7. The third-order valence-corrected chi connectivity index (χ3v) is 8.13. The summed E-state index contributed by atoms with van der Waals surface area (Å²) in [6.07, 6.45) is 0. The van der Waals surface area contributed by atoms with E-state index in [1.165, 1.54) is 24.3 Å². The number of carbonyl (C=O) groups is 1. The van der Waals surface area contributed by atoms with Crippen LogP contribution < -0.4 is 5.32 Å². The first-order chi connectivity index (χ1) is 14.7. The van der Waals surface area contributed by atoms with Crippen molar-refractivity contribution in [1.82, 2.24) is 5.32 Å². The first kappa shape index (κ1) is 23.9. The van der Waals surface area contributed by atoms with E-state index in [1.54, 1.807) is 23.9 Å². The largest absolute Gasteiger partial charge is 0.455 e. The molecule has 1 atom stereocenters. The van der Waals surface area contributed by atoms with Crippen LogP contribution in [0.3, 0.4) is 0 Å². The Bertz CT molecular complexity index is 1130. The van der Waals surface area contributed by atoms with Gasteiger partial charge >= 0.3 is 0 Å². The number of hydrogen-bond acceptors (Lipinski definition) is 5. The molecule has 0 saturated carbocycles. The summed E-state index contributed by atoms with van der Waals surface area (Å²) >= 11 is 10.9. The van der Waals surface area contributed by atoms with Crippen LogP contribution in [-0.4, -0.2) is 26.6 Å². The fourth-order valence-electron chi connectivity index (χ4n) is 2.67. The summed E-state index contributed by atoms with van der Waals surface area (Å²) in [5, 5.41) is 3.54. The molecular weight excluding hydrogens is 522 g/mol. The van der Waals surface area contributed by atoms with Crippen molar-refractivity contribution in [2.45, 2.75) is 22.5 Å². The molecule has 0 aliphatic carbocycles. The van der Waals surface area contributed by atoms with Crippen LogP contribution in [0.2, 0.25) is 5.02 Å². The molecule has 0 saturated heterocycles. The lowest BCUT2D eigenvalue weighted by Crippen LogP contribution is -2.28. The number of rotatable bonds is 9. The van der Waals surface area contributed by atoms with Crippen molar-refractivity contribution in [1.29, 1.82) is 0 Å². The summed E-state index contributed by atoms with van der Waals surface area (Å²) in [6.45, 7) is 2.52. The second kappa shape index (κ2) is 10.7. The molecule has 0 aliphatic rings. The van der Waals surface area contributed by atoms with Crippen molar-refractivity contribution in [3.8, 4) is 0 Å². The van der Waals surface area contributed by atoms with Crippen LogP contribution in [0.25, 0.3) is 0 Å². The minimum Gasteiger partial charge on any atom is -0.455 e. The van der Waals surface area contributed by atoms with Crippen molar-refractivity contribution in [3.05, 3.63) is 81.7 Å². The molecule has 0 aliphatic heterocycles. The maximum absolute atomic E-state index is 12.5. The number of halogens is 2. The van der Waals surface area contributed by atoms with Crippen LogP contribution in [-0.2, 0) is 15.6 Å². The van der Waals surface area contributed by atoms with Gasteiger partial charge in [0.05, 0.1) is 4.90 Å². The first-order valence-electron chi connectivity index (χ1n) is 9.46. The van der Waals surface area contributed by atoms with Crippen LogP contribution in [0, 0.1) is 5.92 Å². The van der Waals surface area contributed by atoms with Crippen LogP contribution in [0.1, 0.15) is 23.2 Å². The zero-order valence-electron chi connectivity index (χ0n) is 16.7. The molecular formula is C22H21BrClNO4S2. The fraction of sp³-hybridized carbons (Fsp3) is 0.227. The fourth-order valence-corrected chi connectivity index (χ4v) is 5.23. The number of furan rings is 1. The van der Waals surface area contributed by atoms with E-state index in [9.17, 15) is 13.2 Å². The molecule has 3 aromatic rings. The maximum Gasteiger partial charge on any atom is 0.287 e. The summed E-state index contributed by atoms with van der Waals surface area (Å²) in [5.74, 6) is 0.706. The number of carbonyl (C=O) groups excluding carboxylic acids is 1. The highest BCUT2D eigenvalue weighted by Crippen LogP contribution is 2.23. The molecule has 0 fully saturated rings. The standard InChI is InChI=1S/C22H21BrClNO4S2/c1-15(13-30-19-7-4-17(24)5-8-19)12-25-22(26)21-11-6-18(29-21)14-31(27,28)20-9-2-16(23)3-10-20/h2-11,15H,12-14H2,1H3,(H,25,26)/t15-/m1/s1. The van der Waals surface area contributed by atoms with Gasteiger partial charge in [-0.1, -0.05) is 34.5 Å². The van der Waals surface area contributed by atoms with Gasteiger partial charge in [0.1, 0.15) is 11.5 Å². The van der Waals surface area contributed by atoms with Crippen molar-refractivity contribution < 1.29 is 17.6 Å². The Morgan fingerprint density at radius 2 is 1.77 bits per heavy atom. The lowest BCUT2D eigenvalue weighted by Gasteiger charge is -2.11. The van der Waals surface area contributed by atoms with Crippen LogP contribution in [0.4, 0.5) is 0 Å². The van der Waals surface area contributed by atoms with E-state index in [2.05, 4.69) is 21.2 Å². The van der Waals surface area contributed by atoms with Crippen LogP contribution in [0.5, 0.6) is 0 Å². The molecule has 0 unspecified atom stereocenters. The molecule has 3 rings (SSSR count). The number of thioether (sulfide) groups is 1. The number of benzene rings is 2. The molecule has 5 nitrogen and oxygen atoms in total. The summed E-state index contributed by atoms with van der Waals surface area (Å²) in [6, 6.07) is 17.0. The van der Waals surface area contributed by atoms with E-state index in [-0.39, 0.29) is 34.0 Å². The Hall–Kier alpha value is -1.74. The van der Waals surface area contributed by atoms with Gasteiger partial charge in [-0.05, 0) is 66.6 Å². The highest BCUT2D eigenvalue weighted by Gasteiger charge is 2.19.